The zero-order valence-electron chi connectivity index (χ0n) is 12.3. The number of ether oxygens (including phenoxy) is 1. The summed E-state index contributed by atoms with van der Waals surface area (Å²) in [6.45, 7) is 0.854. The van der Waals surface area contributed by atoms with Crippen molar-refractivity contribution in [3.05, 3.63) is 60.2 Å². The van der Waals surface area contributed by atoms with E-state index in [9.17, 15) is 4.79 Å². The number of hydrazone groups is 1. The summed E-state index contributed by atoms with van der Waals surface area (Å²) in [6, 6.07) is 17.2. The minimum atomic E-state index is -0.333. The average Bonchev–Trinajstić information content (AvgIpc) is 3.04. The predicted octanol–water partition coefficient (Wildman–Crippen LogP) is 3.11. The van der Waals surface area contributed by atoms with E-state index in [1.165, 1.54) is 7.11 Å². The normalized spacial score (nSPS) is 13.7. The highest BCUT2D eigenvalue weighted by Crippen LogP contribution is 2.19. The molecule has 0 amide bonds. The topological polar surface area (TPSA) is 53.9 Å². The Kier molecular flexibility index (Phi) is 4.05. The number of benzene rings is 2. The maximum absolute atomic E-state index is 11.4. The van der Waals surface area contributed by atoms with Crippen LogP contribution in [-0.2, 0) is 4.74 Å². The van der Waals surface area contributed by atoms with Crippen LogP contribution in [0.4, 0.5) is 11.4 Å². The highest BCUT2D eigenvalue weighted by molar-refractivity contribution is 5.98. The molecule has 0 saturated carbocycles. The van der Waals surface area contributed by atoms with E-state index in [1.54, 1.807) is 12.1 Å². The van der Waals surface area contributed by atoms with E-state index >= 15 is 0 Å². The number of hydrogen-bond donors (Lipinski definition) is 1. The maximum Gasteiger partial charge on any atom is 0.337 e. The molecule has 112 valence electrons. The molecule has 0 bridgehead atoms. The molecule has 1 heterocycles. The molecule has 2 aromatic rings. The molecule has 3 rings (SSSR count). The van der Waals surface area contributed by atoms with Crippen molar-refractivity contribution >= 4 is 23.2 Å². The number of methoxy groups -OCH3 is 1. The fourth-order valence-electron chi connectivity index (χ4n) is 2.31. The van der Waals surface area contributed by atoms with Gasteiger partial charge in [-0.2, -0.15) is 5.10 Å². The van der Waals surface area contributed by atoms with E-state index < -0.39 is 0 Å². The molecule has 0 unspecified atom stereocenters. The fraction of sp³-hybridized carbons (Fsp3) is 0.176. The second-order valence-corrected chi connectivity index (χ2v) is 4.95. The van der Waals surface area contributed by atoms with E-state index in [0.29, 0.717) is 5.56 Å². The van der Waals surface area contributed by atoms with Gasteiger partial charge in [-0.1, -0.05) is 18.2 Å². The number of amidine groups is 1. The number of carbonyl (C=O) groups excluding carboxylic acids is 1. The van der Waals surface area contributed by atoms with Gasteiger partial charge in [-0.25, -0.2) is 4.79 Å². The van der Waals surface area contributed by atoms with Gasteiger partial charge in [0.1, 0.15) is 5.84 Å². The van der Waals surface area contributed by atoms with Crippen molar-refractivity contribution in [1.29, 1.82) is 0 Å². The molecule has 0 saturated heterocycles. The summed E-state index contributed by atoms with van der Waals surface area (Å²) in [5.41, 5.74) is 2.52. The van der Waals surface area contributed by atoms with Crippen LogP contribution in [0.5, 0.6) is 0 Å². The Morgan fingerprint density at radius 3 is 2.55 bits per heavy atom. The monoisotopic (exact) mass is 295 g/mol. The van der Waals surface area contributed by atoms with E-state index in [2.05, 4.69) is 15.2 Å². The summed E-state index contributed by atoms with van der Waals surface area (Å²) in [6.07, 6.45) is 0.855. The third-order valence-corrected chi connectivity index (χ3v) is 3.45. The van der Waals surface area contributed by atoms with Gasteiger partial charge in [0.05, 0.1) is 18.4 Å². The maximum atomic E-state index is 11.4. The highest BCUT2D eigenvalue weighted by atomic mass is 16.5. The van der Waals surface area contributed by atoms with Crippen molar-refractivity contribution in [2.75, 3.05) is 24.0 Å². The molecule has 1 aliphatic heterocycles. The Bertz CT molecular complexity index is 681. The lowest BCUT2D eigenvalue weighted by molar-refractivity contribution is 0.0601. The molecule has 2 aromatic carbocycles. The summed E-state index contributed by atoms with van der Waals surface area (Å²) in [7, 11) is 1.37. The first kappa shape index (κ1) is 14.1. The molecule has 0 atom stereocenters. The van der Waals surface area contributed by atoms with Gasteiger partial charge < -0.3 is 10.1 Å². The summed E-state index contributed by atoms with van der Waals surface area (Å²) >= 11 is 0. The first-order chi connectivity index (χ1) is 10.8. The zero-order chi connectivity index (χ0) is 15.4. The van der Waals surface area contributed by atoms with Crippen LogP contribution in [0.1, 0.15) is 16.8 Å². The van der Waals surface area contributed by atoms with Gasteiger partial charge >= 0.3 is 5.97 Å². The van der Waals surface area contributed by atoms with Gasteiger partial charge in [0.15, 0.2) is 0 Å². The first-order valence-corrected chi connectivity index (χ1v) is 7.12. The Balaban J connectivity index is 1.68. The van der Waals surface area contributed by atoms with Gasteiger partial charge in [0.25, 0.3) is 0 Å². The van der Waals surface area contributed by atoms with E-state index in [-0.39, 0.29) is 5.97 Å². The highest BCUT2D eigenvalue weighted by Gasteiger charge is 2.15. The van der Waals surface area contributed by atoms with Crippen molar-refractivity contribution in [3.8, 4) is 0 Å². The van der Waals surface area contributed by atoms with Crippen LogP contribution in [0.15, 0.2) is 59.7 Å². The summed E-state index contributed by atoms with van der Waals surface area (Å²) in [5.74, 6) is 0.578. The van der Waals surface area contributed by atoms with Crippen LogP contribution < -0.4 is 10.3 Å². The average molecular weight is 295 g/mol. The Morgan fingerprint density at radius 1 is 1.14 bits per heavy atom. The third-order valence-electron chi connectivity index (χ3n) is 3.45. The van der Waals surface area contributed by atoms with Crippen molar-refractivity contribution in [2.45, 2.75) is 6.42 Å². The van der Waals surface area contributed by atoms with Crippen LogP contribution >= 0.6 is 0 Å². The van der Waals surface area contributed by atoms with Gasteiger partial charge in [0.2, 0.25) is 0 Å². The molecule has 5 heteroatoms. The second kappa shape index (κ2) is 6.30. The van der Waals surface area contributed by atoms with Gasteiger partial charge in [-0.15, -0.1) is 0 Å². The lowest BCUT2D eigenvalue weighted by atomic mass is 10.2. The quantitative estimate of drug-likeness (QED) is 0.884. The molecule has 22 heavy (non-hydrogen) atoms. The molecular weight excluding hydrogens is 278 g/mol. The molecule has 0 aliphatic carbocycles. The molecule has 1 N–H and O–H groups in total. The van der Waals surface area contributed by atoms with Crippen LogP contribution in [0, 0.1) is 0 Å². The lowest BCUT2D eigenvalue weighted by Gasteiger charge is -2.12. The number of nitrogens with one attached hydrogen (secondary N) is 1. The van der Waals surface area contributed by atoms with Crippen LogP contribution in [-0.4, -0.2) is 25.5 Å². The number of rotatable bonds is 3. The van der Waals surface area contributed by atoms with Crippen LogP contribution in [0.2, 0.25) is 0 Å². The summed E-state index contributed by atoms with van der Waals surface area (Å²) in [5, 5.41) is 9.83. The molecule has 1 aliphatic rings. The molecule has 0 radical (unpaired) electrons. The first-order valence-electron chi connectivity index (χ1n) is 7.12. The van der Waals surface area contributed by atoms with Gasteiger partial charge in [-0.05, 0) is 36.4 Å². The van der Waals surface area contributed by atoms with Crippen molar-refractivity contribution in [2.24, 2.45) is 5.10 Å². The minimum Gasteiger partial charge on any atom is -0.465 e. The number of carbonyl (C=O) groups is 1. The molecule has 5 nitrogen and oxygen atoms in total. The number of para-hydroxylation sites is 1. The van der Waals surface area contributed by atoms with Crippen LogP contribution in [0.3, 0.4) is 0 Å². The number of nitrogens with zero attached hydrogens (tertiary/aromatic N) is 2. The minimum absolute atomic E-state index is 0.333. The van der Waals surface area contributed by atoms with Crippen LogP contribution in [0.25, 0.3) is 0 Å². The largest absolute Gasteiger partial charge is 0.465 e. The standard InChI is InChI=1S/C17H17N3O2/c1-22-17(21)13-7-9-14(10-8-13)18-16-11-12-20(19-16)15-5-3-2-4-6-15/h2-10H,11-12H2,1H3,(H,18,19). The van der Waals surface area contributed by atoms with Crippen molar-refractivity contribution in [1.82, 2.24) is 0 Å². The molecule has 0 spiro atoms. The smallest absolute Gasteiger partial charge is 0.337 e. The van der Waals surface area contributed by atoms with Gasteiger partial charge in [0, 0.05) is 18.7 Å². The summed E-state index contributed by atoms with van der Waals surface area (Å²) < 4.78 is 4.68. The second-order valence-electron chi connectivity index (χ2n) is 4.95. The zero-order valence-corrected chi connectivity index (χ0v) is 12.3. The third kappa shape index (κ3) is 3.09. The SMILES string of the molecule is COC(=O)c1ccc(NC2=NN(c3ccccc3)CC2)cc1. The van der Waals surface area contributed by atoms with E-state index in [0.717, 1.165) is 30.2 Å². The van der Waals surface area contributed by atoms with Gasteiger partial charge in [-0.3, -0.25) is 5.01 Å². The molecule has 0 aromatic heterocycles. The Morgan fingerprint density at radius 2 is 1.86 bits per heavy atom. The van der Waals surface area contributed by atoms with E-state index in [4.69, 9.17) is 0 Å². The van der Waals surface area contributed by atoms with Crippen molar-refractivity contribution < 1.29 is 9.53 Å². The Labute approximate surface area is 129 Å². The van der Waals surface area contributed by atoms with E-state index in [1.807, 2.05) is 47.5 Å². The number of esters is 1. The fourth-order valence-corrected chi connectivity index (χ4v) is 2.31. The predicted molar refractivity (Wildman–Crippen MR) is 87.2 cm³/mol. The Hall–Kier alpha value is -2.82. The number of anilines is 2. The molecule has 0 fully saturated rings. The molecular formula is C17H17N3O2. The lowest BCUT2D eigenvalue weighted by Crippen LogP contribution is -2.11. The number of hydrogen-bond acceptors (Lipinski definition) is 5. The van der Waals surface area contributed by atoms with Crippen molar-refractivity contribution in [3.63, 3.8) is 0 Å². The summed E-state index contributed by atoms with van der Waals surface area (Å²) in [4.78, 5) is 11.4.